The van der Waals surface area contributed by atoms with Crippen molar-refractivity contribution in [3.05, 3.63) is 0 Å². The first-order chi connectivity index (χ1) is 6.09. The molecule has 0 saturated carbocycles. The monoisotopic (exact) mass is 186 g/mol. The molecular weight excluding hydrogens is 172 g/mol. The molecule has 74 valence electrons. The summed E-state index contributed by atoms with van der Waals surface area (Å²) in [5.41, 5.74) is 0. The summed E-state index contributed by atoms with van der Waals surface area (Å²) in [5.74, 6) is 0.0776. The molecular formula is C8H14N2O3. The molecule has 1 saturated heterocycles. The minimum atomic E-state index is -0.882. The summed E-state index contributed by atoms with van der Waals surface area (Å²) < 4.78 is 0. The summed E-state index contributed by atoms with van der Waals surface area (Å²) in [4.78, 5) is 22.5. The Hall–Kier alpha value is -1.10. The molecule has 1 heterocycles. The van der Waals surface area contributed by atoms with Crippen molar-refractivity contribution in [3.8, 4) is 0 Å². The second kappa shape index (κ2) is 4.23. The maximum Gasteiger partial charge on any atom is 0.407 e. The molecule has 1 aliphatic rings. The lowest BCUT2D eigenvalue weighted by atomic mass is 10.2. The first-order valence-electron chi connectivity index (χ1n) is 4.30. The van der Waals surface area contributed by atoms with Crippen LogP contribution in [-0.2, 0) is 4.79 Å². The molecule has 0 bridgehead atoms. The molecule has 1 rings (SSSR count). The molecule has 2 N–H and O–H groups in total. The number of carbonyl (C=O) groups excluding carboxylic acids is 1. The number of hydrogen-bond acceptors (Lipinski definition) is 3. The SMILES string of the molecule is CC(=O)CNC1CCN(C(=O)O)C1. The molecule has 1 atom stereocenters. The molecule has 0 radical (unpaired) electrons. The van der Waals surface area contributed by atoms with Gasteiger partial charge in [0.25, 0.3) is 0 Å². The fraction of sp³-hybridized carbons (Fsp3) is 0.750. The van der Waals surface area contributed by atoms with Gasteiger partial charge >= 0.3 is 6.09 Å². The van der Waals surface area contributed by atoms with Gasteiger partial charge in [-0.15, -0.1) is 0 Å². The van der Waals surface area contributed by atoms with Crippen molar-refractivity contribution < 1.29 is 14.7 Å². The lowest BCUT2D eigenvalue weighted by molar-refractivity contribution is -0.116. The van der Waals surface area contributed by atoms with E-state index in [1.54, 1.807) is 0 Å². The van der Waals surface area contributed by atoms with Gasteiger partial charge in [0.1, 0.15) is 5.78 Å². The highest BCUT2D eigenvalue weighted by molar-refractivity contribution is 5.77. The molecule has 0 spiro atoms. The molecule has 1 amide bonds. The average molecular weight is 186 g/mol. The molecule has 5 heteroatoms. The van der Waals surface area contributed by atoms with Crippen molar-refractivity contribution >= 4 is 11.9 Å². The molecule has 0 aliphatic carbocycles. The van der Waals surface area contributed by atoms with Crippen LogP contribution in [-0.4, -0.2) is 47.6 Å². The summed E-state index contributed by atoms with van der Waals surface area (Å²) in [7, 11) is 0. The van der Waals surface area contributed by atoms with E-state index < -0.39 is 6.09 Å². The molecule has 0 aromatic heterocycles. The Kier molecular flexibility index (Phi) is 3.25. The number of carboxylic acid groups (broad SMARTS) is 1. The summed E-state index contributed by atoms with van der Waals surface area (Å²) in [6, 6.07) is 0.139. The van der Waals surface area contributed by atoms with Gasteiger partial charge in [0.05, 0.1) is 6.54 Å². The van der Waals surface area contributed by atoms with Gasteiger partial charge in [0.2, 0.25) is 0 Å². The van der Waals surface area contributed by atoms with E-state index in [1.165, 1.54) is 11.8 Å². The topological polar surface area (TPSA) is 69.6 Å². The number of nitrogens with one attached hydrogen (secondary N) is 1. The summed E-state index contributed by atoms with van der Waals surface area (Å²) in [6.07, 6.45) is -0.0910. The predicted octanol–water partition coefficient (Wildman–Crippen LogP) is -0.0827. The van der Waals surface area contributed by atoms with Crippen molar-refractivity contribution in [1.82, 2.24) is 10.2 Å². The van der Waals surface area contributed by atoms with Gasteiger partial charge in [-0.05, 0) is 13.3 Å². The Labute approximate surface area is 76.7 Å². The fourth-order valence-electron chi connectivity index (χ4n) is 1.39. The van der Waals surface area contributed by atoms with Crippen LogP contribution in [0.15, 0.2) is 0 Å². The van der Waals surface area contributed by atoms with E-state index in [1.807, 2.05) is 0 Å². The molecule has 1 aliphatic heterocycles. The molecule has 13 heavy (non-hydrogen) atoms. The van der Waals surface area contributed by atoms with Crippen LogP contribution in [0.4, 0.5) is 4.79 Å². The van der Waals surface area contributed by atoms with Crippen LogP contribution >= 0.6 is 0 Å². The van der Waals surface area contributed by atoms with Crippen molar-refractivity contribution in [1.29, 1.82) is 0 Å². The lowest BCUT2D eigenvalue weighted by Crippen LogP contribution is -2.36. The van der Waals surface area contributed by atoms with E-state index >= 15 is 0 Å². The average Bonchev–Trinajstić information content (AvgIpc) is 2.48. The number of amides is 1. The van der Waals surface area contributed by atoms with Crippen molar-refractivity contribution in [2.45, 2.75) is 19.4 Å². The third kappa shape index (κ3) is 3.02. The number of likely N-dealkylation sites (tertiary alicyclic amines) is 1. The minimum absolute atomic E-state index is 0.0776. The first-order valence-corrected chi connectivity index (χ1v) is 4.30. The smallest absolute Gasteiger partial charge is 0.407 e. The van der Waals surface area contributed by atoms with E-state index in [0.717, 1.165) is 6.42 Å². The van der Waals surface area contributed by atoms with E-state index in [2.05, 4.69) is 5.32 Å². The van der Waals surface area contributed by atoms with Crippen molar-refractivity contribution in [3.63, 3.8) is 0 Å². The number of rotatable bonds is 3. The predicted molar refractivity (Wildman–Crippen MR) is 46.7 cm³/mol. The lowest BCUT2D eigenvalue weighted by Gasteiger charge is -2.12. The fourth-order valence-corrected chi connectivity index (χ4v) is 1.39. The normalized spacial score (nSPS) is 21.9. The highest BCUT2D eigenvalue weighted by Crippen LogP contribution is 2.08. The second-order valence-electron chi connectivity index (χ2n) is 3.30. The van der Waals surface area contributed by atoms with Crippen molar-refractivity contribution in [2.75, 3.05) is 19.6 Å². The highest BCUT2D eigenvalue weighted by Gasteiger charge is 2.25. The standard InChI is InChI=1S/C8H14N2O3/c1-6(11)4-9-7-2-3-10(5-7)8(12)13/h7,9H,2-5H2,1H3,(H,12,13). The Balaban J connectivity index is 2.25. The van der Waals surface area contributed by atoms with Gasteiger partial charge in [0, 0.05) is 19.1 Å². The molecule has 0 aromatic rings. The third-order valence-electron chi connectivity index (χ3n) is 2.10. The highest BCUT2D eigenvalue weighted by atomic mass is 16.4. The first kappa shape index (κ1) is 9.98. The van der Waals surface area contributed by atoms with Gasteiger partial charge in [-0.3, -0.25) is 4.79 Å². The Bertz CT molecular complexity index is 217. The number of carbonyl (C=O) groups is 2. The van der Waals surface area contributed by atoms with Gasteiger partial charge in [-0.25, -0.2) is 4.79 Å². The Morgan fingerprint density at radius 2 is 2.31 bits per heavy atom. The van der Waals surface area contributed by atoms with E-state index in [-0.39, 0.29) is 11.8 Å². The van der Waals surface area contributed by atoms with Crippen LogP contribution in [0.5, 0.6) is 0 Å². The van der Waals surface area contributed by atoms with Gasteiger partial charge in [-0.2, -0.15) is 0 Å². The molecule has 5 nitrogen and oxygen atoms in total. The number of ketones is 1. The Morgan fingerprint density at radius 3 is 2.77 bits per heavy atom. The van der Waals surface area contributed by atoms with Crippen LogP contribution in [0, 0.1) is 0 Å². The van der Waals surface area contributed by atoms with E-state index in [4.69, 9.17) is 5.11 Å². The van der Waals surface area contributed by atoms with E-state index in [0.29, 0.717) is 19.6 Å². The largest absolute Gasteiger partial charge is 0.465 e. The summed E-state index contributed by atoms with van der Waals surface area (Å²) in [5, 5.41) is 11.7. The molecule has 1 unspecified atom stereocenters. The quantitative estimate of drug-likeness (QED) is 0.646. The van der Waals surface area contributed by atoms with Crippen LogP contribution in [0.25, 0.3) is 0 Å². The van der Waals surface area contributed by atoms with Crippen LogP contribution in [0.1, 0.15) is 13.3 Å². The van der Waals surface area contributed by atoms with Gasteiger partial charge in [-0.1, -0.05) is 0 Å². The van der Waals surface area contributed by atoms with Crippen molar-refractivity contribution in [2.24, 2.45) is 0 Å². The Morgan fingerprint density at radius 1 is 1.62 bits per heavy atom. The number of nitrogens with zero attached hydrogens (tertiary/aromatic N) is 1. The summed E-state index contributed by atoms with van der Waals surface area (Å²) in [6.45, 7) is 2.89. The zero-order valence-corrected chi connectivity index (χ0v) is 7.62. The van der Waals surface area contributed by atoms with Crippen LogP contribution < -0.4 is 5.32 Å². The zero-order chi connectivity index (χ0) is 9.84. The maximum absolute atomic E-state index is 10.6. The number of hydrogen-bond donors (Lipinski definition) is 2. The molecule has 1 fully saturated rings. The van der Waals surface area contributed by atoms with Crippen LogP contribution in [0.2, 0.25) is 0 Å². The van der Waals surface area contributed by atoms with Gasteiger partial charge < -0.3 is 15.3 Å². The number of Topliss-reactive ketones (excluding diaryl/α,β-unsaturated/α-hetero) is 1. The third-order valence-corrected chi connectivity index (χ3v) is 2.10. The summed E-state index contributed by atoms with van der Waals surface area (Å²) >= 11 is 0. The minimum Gasteiger partial charge on any atom is -0.465 e. The maximum atomic E-state index is 10.6. The molecule has 0 aromatic carbocycles. The van der Waals surface area contributed by atoms with E-state index in [9.17, 15) is 9.59 Å². The van der Waals surface area contributed by atoms with Crippen LogP contribution in [0.3, 0.4) is 0 Å². The zero-order valence-electron chi connectivity index (χ0n) is 7.62. The van der Waals surface area contributed by atoms with Gasteiger partial charge in [0.15, 0.2) is 0 Å². The second-order valence-corrected chi connectivity index (χ2v) is 3.30.